The molecule has 0 amide bonds. The topological polar surface area (TPSA) is 87.8 Å². The Morgan fingerprint density at radius 3 is 2.54 bits per heavy atom. The third-order valence-electron chi connectivity index (χ3n) is 5.81. The molecule has 11 heteroatoms. The lowest BCUT2D eigenvalue weighted by molar-refractivity contribution is -0.137. The van der Waals surface area contributed by atoms with E-state index in [-0.39, 0.29) is 11.3 Å². The lowest BCUT2D eigenvalue weighted by Gasteiger charge is -2.26. The first-order valence-electron chi connectivity index (χ1n) is 11.1. The number of hydrogen-bond acceptors (Lipinski definition) is 7. The minimum absolute atomic E-state index is 0.0397. The van der Waals surface area contributed by atoms with Crippen LogP contribution in [0.2, 0.25) is 0 Å². The number of aliphatic hydroxyl groups excluding tert-OH is 1. The summed E-state index contributed by atoms with van der Waals surface area (Å²) in [4.78, 5) is 10.9. The summed E-state index contributed by atoms with van der Waals surface area (Å²) in [6.45, 7) is 3.82. The van der Waals surface area contributed by atoms with Crippen molar-refractivity contribution in [3.8, 4) is 11.3 Å². The fourth-order valence-electron chi connectivity index (χ4n) is 3.97. The number of hydrogen-bond donors (Lipinski definition) is 2. The Labute approximate surface area is 199 Å². The lowest BCUT2D eigenvalue weighted by atomic mass is 10.0. The van der Waals surface area contributed by atoms with Crippen molar-refractivity contribution in [2.45, 2.75) is 18.9 Å². The molecule has 0 saturated carbocycles. The van der Waals surface area contributed by atoms with Crippen LogP contribution in [0, 0.1) is 0 Å². The van der Waals surface area contributed by atoms with Crippen molar-refractivity contribution in [2.24, 2.45) is 0 Å². The molecule has 1 aromatic carbocycles. The van der Waals surface area contributed by atoms with E-state index in [1.165, 1.54) is 35.0 Å². The monoisotopic (exact) mass is 484 g/mol. The third kappa shape index (κ3) is 5.11. The van der Waals surface area contributed by atoms with Crippen LogP contribution in [0.25, 0.3) is 16.9 Å². The fourth-order valence-corrected chi connectivity index (χ4v) is 3.97. The highest BCUT2D eigenvalue weighted by Crippen LogP contribution is 2.36. The molecule has 1 aliphatic rings. The molecule has 182 valence electrons. The summed E-state index contributed by atoms with van der Waals surface area (Å²) in [7, 11) is 0. The molecule has 3 aromatic heterocycles. The number of nitrogens with zero attached hydrogens (tertiary/aromatic N) is 5. The number of pyridine rings is 1. The molecular weight excluding hydrogens is 461 g/mol. The number of alkyl halides is 3. The Hall–Kier alpha value is -3.54. The van der Waals surface area contributed by atoms with E-state index in [0.717, 1.165) is 24.8 Å². The van der Waals surface area contributed by atoms with E-state index >= 15 is 0 Å². The number of ether oxygens (including phenoxy) is 1. The predicted octanol–water partition coefficient (Wildman–Crippen LogP) is 3.75. The molecule has 1 atom stereocenters. The maximum absolute atomic E-state index is 13.5. The fraction of sp³-hybridized carbons (Fsp3) is 0.292. The maximum atomic E-state index is 13.5. The van der Waals surface area contributed by atoms with Crippen molar-refractivity contribution in [3.63, 3.8) is 0 Å². The molecule has 1 aliphatic heterocycles. The molecule has 8 nitrogen and oxygen atoms in total. The van der Waals surface area contributed by atoms with Crippen LogP contribution < -0.4 is 5.32 Å². The number of nitrogens with one attached hydrogen (secondary N) is 1. The van der Waals surface area contributed by atoms with Gasteiger partial charge in [-0.1, -0.05) is 24.3 Å². The molecule has 0 spiro atoms. The SMILES string of the molecule is OC(Nc1cnc2ccc(-c3ccccc3C(F)(F)F)nn12)c1ccc(CN2CCOCC2)nc1. The van der Waals surface area contributed by atoms with Gasteiger partial charge >= 0.3 is 6.18 Å². The summed E-state index contributed by atoms with van der Waals surface area (Å²) in [5.74, 6) is 0.330. The number of halogens is 3. The van der Waals surface area contributed by atoms with E-state index in [1.807, 2.05) is 6.07 Å². The van der Waals surface area contributed by atoms with Crippen molar-refractivity contribution >= 4 is 11.5 Å². The minimum Gasteiger partial charge on any atom is -0.379 e. The average molecular weight is 484 g/mol. The van der Waals surface area contributed by atoms with Crippen LogP contribution in [0.1, 0.15) is 23.0 Å². The van der Waals surface area contributed by atoms with E-state index in [2.05, 4.69) is 25.3 Å². The highest BCUT2D eigenvalue weighted by Gasteiger charge is 2.33. The van der Waals surface area contributed by atoms with E-state index in [9.17, 15) is 18.3 Å². The normalized spacial score (nSPS) is 15.9. The molecule has 0 radical (unpaired) electrons. The molecule has 1 unspecified atom stereocenters. The summed E-state index contributed by atoms with van der Waals surface area (Å²) in [5.41, 5.74) is 1.16. The van der Waals surface area contributed by atoms with Gasteiger partial charge in [-0.3, -0.25) is 9.88 Å². The van der Waals surface area contributed by atoms with Crippen LogP contribution in [0.3, 0.4) is 0 Å². The van der Waals surface area contributed by atoms with Gasteiger partial charge in [0, 0.05) is 37.0 Å². The molecular formula is C24H23F3N6O2. The van der Waals surface area contributed by atoms with Crippen LogP contribution in [0.4, 0.5) is 19.0 Å². The van der Waals surface area contributed by atoms with Gasteiger partial charge in [0.2, 0.25) is 0 Å². The molecule has 0 aliphatic carbocycles. The van der Waals surface area contributed by atoms with Gasteiger partial charge in [-0.15, -0.1) is 0 Å². The average Bonchev–Trinajstić information content (AvgIpc) is 3.26. The van der Waals surface area contributed by atoms with Gasteiger partial charge in [0.25, 0.3) is 0 Å². The molecule has 2 N–H and O–H groups in total. The number of fused-ring (bicyclic) bond motifs is 1. The molecule has 4 heterocycles. The molecule has 1 saturated heterocycles. The third-order valence-corrected chi connectivity index (χ3v) is 5.81. The van der Waals surface area contributed by atoms with E-state index in [4.69, 9.17) is 4.74 Å². The Bertz CT molecular complexity index is 1300. The number of imidazole rings is 1. The summed E-state index contributed by atoms with van der Waals surface area (Å²) in [6, 6.07) is 12.0. The number of rotatable bonds is 6. The first kappa shape index (κ1) is 23.2. The Kier molecular flexibility index (Phi) is 6.37. The largest absolute Gasteiger partial charge is 0.417 e. The van der Waals surface area contributed by atoms with Crippen LogP contribution >= 0.6 is 0 Å². The number of aliphatic hydroxyl groups is 1. The van der Waals surface area contributed by atoms with E-state index in [1.54, 1.807) is 18.3 Å². The van der Waals surface area contributed by atoms with E-state index < -0.39 is 18.0 Å². The highest BCUT2D eigenvalue weighted by atomic mass is 19.4. The van der Waals surface area contributed by atoms with Crippen molar-refractivity contribution < 1.29 is 23.0 Å². The van der Waals surface area contributed by atoms with Gasteiger partial charge in [-0.25, -0.2) is 4.98 Å². The zero-order valence-corrected chi connectivity index (χ0v) is 18.6. The Balaban J connectivity index is 1.35. The number of benzene rings is 1. The summed E-state index contributed by atoms with van der Waals surface area (Å²) in [6.07, 6.45) is -2.58. The molecule has 4 aromatic rings. The van der Waals surface area contributed by atoms with E-state index in [0.29, 0.717) is 36.8 Å². The minimum atomic E-state index is -4.51. The molecule has 0 bridgehead atoms. The number of morpholine rings is 1. The van der Waals surface area contributed by atoms with Gasteiger partial charge in [0.1, 0.15) is 0 Å². The smallest absolute Gasteiger partial charge is 0.379 e. The second-order valence-corrected chi connectivity index (χ2v) is 8.19. The van der Waals surface area contributed by atoms with Crippen molar-refractivity contribution in [1.82, 2.24) is 24.5 Å². The molecule has 35 heavy (non-hydrogen) atoms. The Morgan fingerprint density at radius 1 is 1.00 bits per heavy atom. The maximum Gasteiger partial charge on any atom is 0.417 e. The van der Waals surface area contributed by atoms with Gasteiger partial charge < -0.3 is 15.2 Å². The van der Waals surface area contributed by atoms with Crippen LogP contribution in [-0.4, -0.2) is 55.9 Å². The van der Waals surface area contributed by atoms with Crippen molar-refractivity contribution in [2.75, 3.05) is 31.6 Å². The van der Waals surface area contributed by atoms with Gasteiger partial charge in [-0.2, -0.15) is 22.8 Å². The predicted molar refractivity (Wildman–Crippen MR) is 122 cm³/mol. The summed E-state index contributed by atoms with van der Waals surface area (Å²) < 4.78 is 47.2. The molecule has 1 fully saturated rings. The quantitative estimate of drug-likeness (QED) is 0.403. The first-order valence-corrected chi connectivity index (χ1v) is 11.1. The summed E-state index contributed by atoms with van der Waals surface area (Å²) >= 11 is 0. The first-order chi connectivity index (χ1) is 16.9. The van der Waals surface area contributed by atoms with Gasteiger partial charge in [0.05, 0.1) is 36.4 Å². The van der Waals surface area contributed by atoms with Crippen LogP contribution in [0.15, 0.2) is 60.9 Å². The lowest BCUT2D eigenvalue weighted by Crippen LogP contribution is -2.35. The Morgan fingerprint density at radius 2 is 1.80 bits per heavy atom. The number of aromatic nitrogens is 4. The van der Waals surface area contributed by atoms with Crippen LogP contribution in [-0.2, 0) is 17.5 Å². The zero-order chi connectivity index (χ0) is 24.4. The highest BCUT2D eigenvalue weighted by molar-refractivity contribution is 5.66. The number of anilines is 1. The van der Waals surface area contributed by atoms with Gasteiger partial charge in [-0.05, 0) is 24.3 Å². The van der Waals surface area contributed by atoms with Crippen molar-refractivity contribution in [1.29, 1.82) is 0 Å². The zero-order valence-electron chi connectivity index (χ0n) is 18.6. The standard InChI is InChI=1S/C24H23F3N6O2/c25-24(26,27)19-4-2-1-3-18(19)20-7-8-21-29-14-22(33(21)31-20)30-23(34)16-5-6-17(28-13-16)15-32-9-11-35-12-10-32/h1-8,13-14,23,30,34H,9-12,15H2. The second-order valence-electron chi connectivity index (χ2n) is 8.19. The van der Waals surface area contributed by atoms with Gasteiger partial charge in [0.15, 0.2) is 17.7 Å². The second kappa shape index (κ2) is 9.61. The summed E-state index contributed by atoms with van der Waals surface area (Å²) in [5, 5.41) is 18.0. The molecule has 5 rings (SSSR count). The van der Waals surface area contributed by atoms with Crippen molar-refractivity contribution in [3.05, 3.63) is 77.7 Å². The van der Waals surface area contributed by atoms with Crippen LogP contribution in [0.5, 0.6) is 0 Å².